The molecule has 3 rings (SSSR count). The molecular formula is C21H20N2S2. The summed E-state index contributed by atoms with van der Waals surface area (Å²) < 4.78 is 0. The Labute approximate surface area is 158 Å². The molecule has 0 aromatic heterocycles. The van der Waals surface area contributed by atoms with E-state index in [4.69, 9.17) is 12.2 Å². The van der Waals surface area contributed by atoms with Gasteiger partial charge in [0.05, 0.1) is 5.69 Å². The Bertz CT molecular complexity index is 830. The van der Waals surface area contributed by atoms with Gasteiger partial charge < -0.3 is 10.6 Å². The van der Waals surface area contributed by atoms with Crippen molar-refractivity contribution in [3.05, 3.63) is 84.4 Å². The van der Waals surface area contributed by atoms with Crippen molar-refractivity contribution in [1.29, 1.82) is 0 Å². The second-order valence-electron chi connectivity index (χ2n) is 5.54. The molecule has 0 saturated carbocycles. The van der Waals surface area contributed by atoms with E-state index in [1.165, 1.54) is 10.5 Å². The number of aryl methyl sites for hydroxylation is 1. The van der Waals surface area contributed by atoms with Crippen LogP contribution in [-0.4, -0.2) is 5.11 Å². The maximum atomic E-state index is 5.47. The molecule has 0 amide bonds. The third-order valence-electron chi connectivity index (χ3n) is 3.73. The normalized spacial score (nSPS) is 10.3. The van der Waals surface area contributed by atoms with Crippen LogP contribution < -0.4 is 10.6 Å². The molecule has 0 spiro atoms. The number of hydrogen-bond acceptors (Lipinski definition) is 2. The molecule has 126 valence electrons. The number of hydrogen-bond donors (Lipinski definition) is 2. The first-order valence-corrected chi connectivity index (χ1v) is 9.46. The molecule has 0 unspecified atom stereocenters. The Kier molecular flexibility index (Phi) is 6.09. The zero-order valence-corrected chi connectivity index (χ0v) is 15.7. The molecule has 2 nitrogen and oxygen atoms in total. The summed E-state index contributed by atoms with van der Waals surface area (Å²) in [7, 11) is 0. The largest absolute Gasteiger partial charge is 0.332 e. The van der Waals surface area contributed by atoms with Crippen LogP contribution in [0, 0.1) is 0 Å². The van der Waals surface area contributed by atoms with Crippen LogP contribution in [0.2, 0.25) is 0 Å². The summed E-state index contributed by atoms with van der Waals surface area (Å²) in [6, 6.07) is 26.8. The van der Waals surface area contributed by atoms with Crippen LogP contribution >= 0.6 is 24.0 Å². The number of anilines is 2. The number of thiocarbonyl (C=S) groups is 1. The molecule has 0 aliphatic rings. The Morgan fingerprint density at radius 2 is 1.52 bits per heavy atom. The molecule has 2 N–H and O–H groups in total. The van der Waals surface area contributed by atoms with Crippen LogP contribution in [0.1, 0.15) is 12.5 Å². The average Bonchev–Trinajstić information content (AvgIpc) is 2.65. The molecule has 4 heteroatoms. The van der Waals surface area contributed by atoms with Crippen LogP contribution in [0.15, 0.2) is 88.7 Å². The minimum atomic E-state index is 0.588. The second-order valence-corrected chi connectivity index (χ2v) is 7.06. The first-order valence-electron chi connectivity index (χ1n) is 8.23. The highest BCUT2D eigenvalue weighted by atomic mass is 32.2. The zero-order chi connectivity index (χ0) is 17.5. The zero-order valence-electron chi connectivity index (χ0n) is 14.0. The van der Waals surface area contributed by atoms with Crippen LogP contribution in [-0.2, 0) is 6.42 Å². The van der Waals surface area contributed by atoms with Crippen LogP contribution in [0.4, 0.5) is 11.4 Å². The summed E-state index contributed by atoms with van der Waals surface area (Å²) in [5.74, 6) is 0. The third kappa shape index (κ3) is 5.08. The van der Waals surface area contributed by atoms with Crippen molar-refractivity contribution >= 4 is 40.5 Å². The predicted molar refractivity (Wildman–Crippen MR) is 113 cm³/mol. The molecule has 3 aromatic rings. The van der Waals surface area contributed by atoms with Crippen LogP contribution in [0.5, 0.6) is 0 Å². The quantitative estimate of drug-likeness (QED) is 0.526. The molecule has 3 aromatic carbocycles. The van der Waals surface area contributed by atoms with Gasteiger partial charge in [0, 0.05) is 15.5 Å². The number of rotatable bonds is 5. The highest BCUT2D eigenvalue weighted by Crippen LogP contribution is 2.33. The SMILES string of the molecule is CCc1ccc(NC(=S)Nc2ccccc2Sc2ccccc2)cc1. The second kappa shape index (κ2) is 8.70. The van der Waals surface area contributed by atoms with E-state index >= 15 is 0 Å². The van der Waals surface area contributed by atoms with E-state index < -0.39 is 0 Å². The Morgan fingerprint density at radius 1 is 0.840 bits per heavy atom. The topological polar surface area (TPSA) is 24.1 Å². The van der Waals surface area contributed by atoms with Gasteiger partial charge in [0.15, 0.2) is 5.11 Å². The highest BCUT2D eigenvalue weighted by Gasteiger charge is 2.06. The van der Waals surface area contributed by atoms with Gasteiger partial charge in [-0.1, -0.05) is 61.2 Å². The molecule has 0 heterocycles. The van der Waals surface area contributed by atoms with Gasteiger partial charge in [0.2, 0.25) is 0 Å². The maximum absolute atomic E-state index is 5.47. The van der Waals surface area contributed by atoms with Crippen molar-refractivity contribution in [2.45, 2.75) is 23.1 Å². The Morgan fingerprint density at radius 3 is 2.24 bits per heavy atom. The molecule has 25 heavy (non-hydrogen) atoms. The van der Waals surface area contributed by atoms with Crippen molar-refractivity contribution in [3.8, 4) is 0 Å². The molecule has 0 fully saturated rings. The van der Waals surface area contributed by atoms with Crippen LogP contribution in [0.3, 0.4) is 0 Å². The van der Waals surface area contributed by atoms with Gasteiger partial charge in [0.1, 0.15) is 0 Å². The summed E-state index contributed by atoms with van der Waals surface area (Å²) in [6.07, 6.45) is 1.03. The molecule has 0 saturated heterocycles. The summed E-state index contributed by atoms with van der Waals surface area (Å²) in [5.41, 5.74) is 3.30. The van der Waals surface area contributed by atoms with E-state index in [1.54, 1.807) is 11.8 Å². The summed E-state index contributed by atoms with van der Waals surface area (Å²) >= 11 is 7.19. The smallest absolute Gasteiger partial charge is 0.175 e. The summed E-state index contributed by atoms with van der Waals surface area (Å²) in [4.78, 5) is 2.34. The molecular weight excluding hydrogens is 344 g/mol. The van der Waals surface area contributed by atoms with Gasteiger partial charge in [-0.05, 0) is 60.6 Å². The fourth-order valence-corrected chi connectivity index (χ4v) is 3.53. The van der Waals surface area contributed by atoms with E-state index in [9.17, 15) is 0 Å². The van der Waals surface area contributed by atoms with Crippen LogP contribution in [0.25, 0.3) is 0 Å². The molecule has 0 aliphatic carbocycles. The van der Waals surface area contributed by atoms with Crippen molar-refractivity contribution in [2.24, 2.45) is 0 Å². The number of nitrogens with one attached hydrogen (secondary N) is 2. The molecule has 0 atom stereocenters. The fourth-order valence-electron chi connectivity index (χ4n) is 2.38. The molecule has 0 aliphatic heterocycles. The van der Waals surface area contributed by atoms with E-state index in [2.05, 4.69) is 60.0 Å². The standard InChI is InChI=1S/C21H20N2S2/c1-2-16-12-14-17(15-13-16)22-21(24)23-19-10-6-7-11-20(19)25-18-8-4-3-5-9-18/h3-15H,2H2,1H3,(H2,22,23,24). The Balaban J connectivity index is 1.68. The van der Waals surface area contributed by atoms with Gasteiger partial charge in [-0.3, -0.25) is 0 Å². The van der Waals surface area contributed by atoms with E-state index in [-0.39, 0.29) is 0 Å². The number of benzene rings is 3. The monoisotopic (exact) mass is 364 g/mol. The van der Waals surface area contributed by atoms with Gasteiger partial charge in [-0.2, -0.15) is 0 Å². The fraction of sp³-hybridized carbons (Fsp3) is 0.0952. The van der Waals surface area contributed by atoms with Crippen molar-refractivity contribution in [1.82, 2.24) is 0 Å². The maximum Gasteiger partial charge on any atom is 0.175 e. The van der Waals surface area contributed by atoms with Gasteiger partial charge in [-0.15, -0.1) is 0 Å². The molecule has 0 bridgehead atoms. The van der Waals surface area contributed by atoms with Gasteiger partial charge in [0.25, 0.3) is 0 Å². The lowest BCUT2D eigenvalue weighted by atomic mass is 10.1. The first kappa shape index (κ1) is 17.5. The lowest BCUT2D eigenvalue weighted by molar-refractivity contribution is 1.14. The predicted octanol–water partition coefficient (Wildman–Crippen LogP) is 6.21. The number of para-hydroxylation sites is 1. The lowest BCUT2D eigenvalue weighted by Crippen LogP contribution is -2.19. The minimum absolute atomic E-state index is 0.588. The Hall–Kier alpha value is -2.30. The van der Waals surface area contributed by atoms with E-state index in [0.29, 0.717) is 5.11 Å². The third-order valence-corrected chi connectivity index (χ3v) is 5.01. The van der Waals surface area contributed by atoms with E-state index in [1.807, 2.05) is 36.4 Å². The van der Waals surface area contributed by atoms with Gasteiger partial charge >= 0.3 is 0 Å². The van der Waals surface area contributed by atoms with Gasteiger partial charge in [-0.25, -0.2) is 0 Å². The lowest BCUT2D eigenvalue weighted by Gasteiger charge is -2.14. The van der Waals surface area contributed by atoms with Crippen molar-refractivity contribution in [3.63, 3.8) is 0 Å². The highest BCUT2D eigenvalue weighted by molar-refractivity contribution is 7.99. The average molecular weight is 365 g/mol. The summed E-state index contributed by atoms with van der Waals surface area (Å²) in [5, 5.41) is 7.14. The van der Waals surface area contributed by atoms with Crippen molar-refractivity contribution in [2.75, 3.05) is 10.6 Å². The molecule has 0 radical (unpaired) electrons. The summed E-state index contributed by atoms with van der Waals surface area (Å²) in [6.45, 7) is 2.15. The first-order chi connectivity index (χ1) is 12.2. The minimum Gasteiger partial charge on any atom is -0.332 e. The van der Waals surface area contributed by atoms with E-state index in [0.717, 1.165) is 22.7 Å². The van der Waals surface area contributed by atoms with Crippen molar-refractivity contribution < 1.29 is 0 Å².